The van der Waals surface area contributed by atoms with E-state index in [0.29, 0.717) is 16.1 Å². The molecule has 4 rings (SSSR count). The highest BCUT2D eigenvalue weighted by Crippen LogP contribution is 2.45. The Hall–Kier alpha value is -3.41. The first kappa shape index (κ1) is 23.7. The number of piperidine rings is 1. The average Bonchev–Trinajstić information content (AvgIpc) is 2.87. The second kappa shape index (κ2) is 10.7. The number of ether oxygens (including phenoxy) is 1. The number of halogens is 1. The van der Waals surface area contributed by atoms with Crippen LogP contribution >= 0.6 is 11.6 Å². The molecule has 0 bridgehead atoms. The molecule has 1 fully saturated rings. The van der Waals surface area contributed by atoms with Crippen molar-refractivity contribution >= 4 is 23.4 Å². The van der Waals surface area contributed by atoms with Crippen LogP contribution in [0.4, 0.5) is 0 Å². The minimum Gasteiger partial charge on any atom is -0.507 e. The van der Waals surface area contributed by atoms with Crippen molar-refractivity contribution in [1.29, 1.82) is 0 Å². The van der Waals surface area contributed by atoms with Crippen LogP contribution in [0.15, 0.2) is 79.4 Å². The van der Waals surface area contributed by atoms with Crippen LogP contribution < -0.4 is 4.74 Å². The van der Waals surface area contributed by atoms with Gasteiger partial charge in [0.2, 0.25) is 0 Å². The Labute approximate surface area is 204 Å². The zero-order valence-electron chi connectivity index (χ0n) is 18.7. The van der Waals surface area contributed by atoms with Crippen molar-refractivity contribution in [3.8, 4) is 11.5 Å². The van der Waals surface area contributed by atoms with Gasteiger partial charge in [-0.15, -0.1) is 0 Å². The molecule has 1 N–H and O–H groups in total. The van der Waals surface area contributed by atoms with Gasteiger partial charge in [0, 0.05) is 16.7 Å². The fourth-order valence-corrected chi connectivity index (χ4v) is 4.67. The number of hydrogen-bond acceptors (Lipinski definition) is 5. The molecule has 1 heterocycles. The van der Waals surface area contributed by atoms with E-state index in [2.05, 4.69) is 11.5 Å². The molecule has 174 valence electrons. The lowest BCUT2D eigenvalue weighted by Gasteiger charge is -2.36. The smallest absolute Gasteiger partial charge is 0.335 e. The molecule has 0 aromatic heterocycles. The number of benzene rings is 3. The lowest BCUT2D eigenvalue weighted by molar-refractivity contribution is -0.129. The van der Waals surface area contributed by atoms with Crippen LogP contribution in [0.5, 0.6) is 11.5 Å². The maximum Gasteiger partial charge on any atom is 0.335 e. The van der Waals surface area contributed by atoms with Gasteiger partial charge in [-0.1, -0.05) is 73.1 Å². The number of hydrogen-bond donors (Lipinski definition) is 1. The summed E-state index contributed by atoms with van der Waals surface area (Å²) >= 11 is 6.62. The van der Waals surface area contributed by atoms with Crippen molar-refractivity contribution in [2.45, 2.75) is 25.3 Å². The van der Waals surface area contributed by atoms with Gasteiger partial charge in [0.1, 0.15) is 11.5 Å². The van der Waals surface area contributed by atoms with Gasteiger partial charge in [-0.2, -0.15) is 0 Å². The van der Waals surface area contributed by atoms with E-state index in [-0.39, 0.29) is 22.8 Å². The number of esters is 1. The molecule has 1 aliphatic heterocycles. The van der Waals surface area contributed by atoms with Gasteiger partial charge in [-0.05, 0) is 49.7 Å². The van der Waals surface area contributed by atoms with Crippen LogP contribution in [-0.4, -0.2) is 34.8 Å². The van der Waals surface area contributed by atoms with Gasteiger partial charge in [0.25, 0.3) is 0 Å². The van der Waals surface area contributed by atoms with Gasteiger partial charge < -0.3 is 9.84 Å². The molecule has 34 heavy (non-hydrogen) atoms. The summed E-state index contributed by atoms with van der Waals surface area (Å²) in [6, 6.07) is 18.7. The molecule has 5 nitrogen and oxygen atoms in total. The van der Waals surface area contributed by atoms with Gasteiger partial charge in [-0.3, -0.25) is 9.69 Å². The number of aromatic hydroxyl groups is 1. The lowest BCUT2D eigenvalue weighted by Crippen LogP contribution is -2.35. The van der Waals surface area contributed by atoms with Crippen molar-refractivity contribution in [2.75, 3.05) is 13.1 Å². The van der Waals surface area contributed by atoms with Crippen LogP contribution in [0.3, 0.4) is 0 Å². The van der Waals surface area contributed by atoms with Crippen molar-refractivity contribution in [3.63, 3.8) is 0 Å². The summed E-state index contributed by atoms with van der Waals surface area (Å²) in [5.41, 5.74) is 1.69. The minimum absolute atomic E-state index is 0.133. The Morgan fingerprint density at radius 2 is 1.65 bits per heavy atom. The highest BCUT2D eigenvalue weighted by atomic mass is 35.5. The molecule has 0 radical (unpaired) electrons. The molecular weight excluding hydrogens is 450 g/mol. The molecule has 0 amide bonds. The summed E-state index contributed by atoms with van der Waals surface area (Å²) in [5.74, 6) is -1.03. The molecule has 6 heteroatoms. The SMILES string of the molecule is C=CC(=O)Oc1ccc(C(=O)c2ccccc2)c(O)c1C(c1ccccc1Cl)N1CCCCC1. The summed E-state index contributed by atoms with van der Waals surface area (Å²) in [7, 11) is 0. The van der Waals surface area contributed by atoms with Crippen molar-refractivity contribution in [1.82, 2.24) is 4.90 Å². The summed E-state index contributed by atoms with van der Waals surface area (Å²) < 4.78 is 5.55. The maximum absolute atomic E-state index is 13.3. The number of rotatable bonds is 7. The van der Waals surface area contributed by atoms with Gasteiger partial charge in [-0.25, -0.2) is 4.79 Å². The van der Waals surface area contributed by atoms with Crippen LogP contribution in [0.1, 0.15) is 52.4 Å². The fourth-order valence-electron chi connectivity index (χ4n) is 4.43. The molecule has 0 saturated carbocycles. The zero-order chi connectivity index (χ0) is 24.1. The second-order valence-electron chi connectivity index (χ2n) is 8.21. The third kappa shape index (κ3) is 4.91. The van der Waals surface area contributed by atoms with Crippen LogP contribution in [0.25, 0.3) is 0 Å². The van der Waals surface area contributed by atoms with Crippen molar-refractivity contribution < 1.29 is 19.4 Å². The number of carbonyl (C=O) groups excluding carboxylic acids is 2. The van der Waals surface area contributed by atoms with Gasteiger partial charge in [0.15, 0.2) is 5.78 Å². The molecule has 1 saturated heterocycles. The fraction of sp³-hybridized carbons (Fsp3) is 0.214. The van der Waals surface area contributed by atoms with E-state index in [1.54, 1.807) is 36.4 Å². The van der Waals surface area contributed by atoms with E-state index in [0.717, 1.165) is 44.0 Å². The number of phenols is 1. The number of carbonyl (C=O) groups is 2. The molecule has 1 atom stereocenters. The van der Waals surface area contributed by atoms with Crippen LogP contribution in [0, 0.1) is 0 Å². The summed E-state index contributed by atoms with van der Waals surface area (Å²) in [4.78, 5) is 27.7. The van der Waals surface area contributed by atoms with Gasteiger partial charge >= 0.3 is 5.97 Å². The van der Waals surface area contributed by atoms with Crippen LogP contribution in [-0.2, 0) is 4.79 Å². The monoisotopic (exact) mass is 475 g/mol. The largest absolute Gasteiger partial charge is 0.507 e. The first-order valence-electron chi connectivity index (χ1n) is 11.3. The predicted molar refractivity (Wildman–Crippen MR) is 133 cm³/mol. The zero-order valence-corrected chi connectivity index (χ0v) is 19.5. The van der Waals surface area contributed by atoms with Crippen LogP contribution in [0.2, 0.25) is 5.02 Å². The Morgan fingerprint density at radius 1 is 0.971 bits per heavy atom. The molecule has 3 aromatic carbocycles. The Morgan fingerprint density at radius 3 is 2.32 bits per heavy atom. The molecular formula is C28H26ClNO4. The standard InChI is InChI=1S/C28H26ClNO4/c1-2-24(31)34-23-16-15-21(27(32)19-11-5-3-6-12-19)28(33)25(23)26(30-17-9-4-10-18-30)20-13-7-8-14-22(20)29/h2-3,5-8,11-16,26,33H,1,4,9-10,17-18H2. The molecule has 1 aliphatic rings. The van der Waals surface area contributed by atoms with E-state index in [9.17, 15) is 14.7 Å². The Kier molecular flexibility index (Phi) is 7.46. The number of nitrogens with zero attached hydrogens (tertiary/aromatic N) is 1. The second-order valence-corrected chi connectivity index (χ2v) is 8.62. The van der Waals surface area contributed by atoms with E-state index in [4.69, 9.17) is 16.3 Å². The highest BCUT2D eigenvalue weighted by molar-refractivity contribution is 6.31. The molecule has 3 aromatic rings. The van der Waals surface area contributed by atoms with E-state index in [1.807, 2.05) is 24.3 Å². The number of ketones is 1. The third-order valence-electron chi connectivity index (χ3n) is 6.06. The van der Waals surface area contributed by atoms with E-state index in [1.165, 1.54) is 6.07 Å². The first-order valence-corrected chi connectivity index (χ1v) is 11.7. The predicted octanol–water partition coefficient (Wildman–Crippen LogP) is 5.94. The van der Waals surface area contributed by atoms with Crippen molar-refractivity contribution in [3.05, 3.63) is 107 Å². The van der Waals surface area contributed by atoms with Crippen molar-refractivity contribution in [2.24, 2.45) is 0 Å². The molecule has 1 unspecified atom stereocenters. The summed E-state index contributed by atoms with van der Waals surface area (Å²) in [6.07, 6.45) is 4.16. The molecule has 0 spiro atoms. The first-order chi connectivity index (χ1) is 16.5. The third-order valence-corrected chi connectivity index (χ3v) is 6.41. The summed E-state index contributed by atoms with van der Waals surface area (Å²) in [5, 5.41) is 12.1. The normalized spacial score (nSPS) is 14.9. The van der Waals surface area contributed by atoms with E-state index < -0.39 is 12.0 Å². The highest BCUT2D eigenvalue weighted by Gasteiger charge is 2.33. The topological polar surface area (TPSA) is 66.8 Å². The number of likely N-dealkylation sites (tertiary alicyclic amines) is 1. The van der Waals surface area contributed by atoms with E-state index >= 15 is 0 Å². The minimum atomic E-state index is -0.653. The molecule has 0 aliphatic carbocycles. The average molecular weight is 476 g/mol. The van der Waals surface area contributed by atoms with Gasteiger partial charge in [0.05, 0.1) is 17.2 Å². The quantitative estimate of drug-likeness (QED) is 0.198. The Bertz CT molecular complexity index is 1200. The maximum atomic E-state index is 13.3. The number of phenolic OH excluding ortho intramolecular Hbond substituents is 1. The Balaban J connectivity index is 1.93. The summed E-state index contributed by atoms with van der Waals surface area (Å²) in [6.45, 7) is 5.04. The lowest BCUT2D eigenvalue weighted by atomic mass is 9.90.